The van der Waals surface area contributed by atoms with Gasteiger partial charge in [-0.2, -0.15) is 0 Å². The Balaban J connectivity index is 1.76. The standard InChI is InChI=1S/C14H14Cl2N2O2S/c15-8-1-2-9-11(3-8)21-13(12(9)16)14(20)18-5-7-4-17-6-10(7)19/h1-3,7,10,17,19H,4-6H2,(H,18,20). The number of rotatable bonds is 3. The van der Waals surface area contributed by atoms with Crippen LogP contribution in [0.3, 0.4) is 0 Å². The molecule has 1 aliphatic rings. The van der Waals surface area contributed by atoms with Crippen molar-refractivity contribution in [3.63, 3.8) is 0 Å². The Morgan fingerprint density at radius 3 is 2.95 bits per heavy atom. The number of benzene rings is 1. The third-order valence-electron chi connectivity index (χ3n) is 3.63. The molecular weight excluding hydrogens is 331 g/mol. The smallest absolute Gasteiger partial charge is 0.262 e. The molecule has 1 aliphatic heterocycles. The van der Waals surface area contributed by atoms with Crippen molar-refractivity contribution < 1.29 is 9.90 Å². The largest absolute Gasteiger partial charge is 0.391 e. The maximum atomic E-state index is 12.3. The summed E-state index contributed by atoms with van der Waals surface area (Å²) in [7, 11) is 0. The summed E-state index contributed by atoms with van der Waals surface area (Å²) in [6.45, 7) is 1.71. The first-order valence-corrected chi connectivity index (χ1v) is 8.18. The van der Waals surface area contributed by atoms with Crippen molar-refractivity contribution in [1.82, 2.24) is 10.6 Å². The van der Waals surface area contributed by atoms with Gasteiger partial charge in [-0.05, 0) is 12.1 Å². The van der Waals surface area contributed by atoms with Gasteiger partial charge in [-0.15, -0.1) is 11.3 Å². The van der Waals surface area contributed by atoms with Crippen molar-refractivity contribution >= 4 is 50.5 Å². The number of carbonyl (C=O) groups excluding carboxylic acids is 1. The molecule has 2 atom stereocenters. The lowest BCUT2D eigenvalue weighted by Gasteiger charge is -2.13. The number of halogens is 2. The van der Waals surface area contributed by atoms with Crippen molar-refractivity contribution in [2.75, 3.05) is 19.6 Å². The van der Waals surface area contributed by atoms with Crippen LogP contribution >= 0.6 is 34.5 Å². The molecule has 3 N–H and O–H groups in total. The van der Waals surface area contributed by atoms with Crippen LogP contribution in [0.15, 0.2) is 18.2 Å². The number of amides is 1. The van der Waals surface area contributed by atoms with Crippen LogP contribution in [0, 0.1) is 5.92 Å². The molecule has 2 unspecified atom stereocenters. The molecule has 2 heterocycles. The molecule has 7 heteroatoms. The van der Waals surface area contributed by atoms with Crippen LogP contribution in [0.5, 0.6) is 0 Å². The molecule has 4 nitrogen and oxygen atoms in total. The first-order valence-electron chi connectivity index (χ1n) is 6.61. The number of aliphatic hydroxyl groups is 1. The molecule has 0 spiro atoms. The molecule has 0 saturated carbocycles. The predicted octanol–water partition coefficient (Wildman–Crippen LogP) is 2.52. The Bertz CT molecular complexity index is 689. The molecule has 0 aliphatic carbocycles. The van der Waals surface area contributed by atoms with Gasteiger partial charge in [0.2, 0.25) is 0 Å². The Hall–Kier alpha value is -0.850. The lowest BCUT2D eigenvalue weighted by atomic mass is 10.1. The van der Waals surface area contributed by atoms with Crippen LogP contribution in [0.4, 0.5) is 0 Å². The average Bonchev–Trinajstić information content (AvgIpc) is 3.00. The number of fused-ring (bicyclic) bond motifs is 1. The average molecular weight is 345 g/mol. The number of nitrogens with one attached hydrogen (secondary N) is 2. The maximum Gasteiger partial charge on any atom is 0.262 e. The highest BCUT2D eigenvalue weighted by atomic mass is 35.5. The van der Waals surface area contributed by atoms with Crippen molar-refractivity contribution in [3.05, 3.63) is 33.1 Å². The number of thiophene rings is 1. The Kier molecular flexibility index (Phi) is 4.38. The van der Waals surface area contributed by atoms with Gasteiger partial charge < -0.3 is 15.7 Å². The second kappa shape index (κ2) is 6.10. The first-order chi connectivity index (χ1) is 10.1. The molecule has 1 aromatic carbocycles. The summed E-state index contributed by atoms with van der Waals surface area (Å²) < 4.78 is 0.889. The summed E-state index contributed by atoms with van der Waals surface area (Å²) in [5, 5.41) is 17.6. The van der Waals surface area contributed by atoms with Crippen LogP contribution in [0.25, 0.3) is 10.1 Å². The third-order valence-corrected chi connectivity index (χ3v) is 5.52. The SMILES string of the molecule is O=C(NCC1CNCC1O)c1sc2cc(Cl)ccc2c1Cl. The highest BCUT2D eigenvalue weighted by Gasteiger charge is 2.26. The van der Waals surface area contributed by atoms with E-state index in [0.717, 1.165) is 10.1 Å². The molecule has 1 aromatic heterocycles. The van der Waals surface area contributed by atoms with E-state index in [2.05, 4.69) is 10.6 Å². The normalized spacial score (nSPS) is 21.9. The lowest BCUT2D eigenvalue weighted by Crippen LogP contribution is -2.34. The predicted molar refractivity (Wildman–Crippen MR) is 86.5 cm³/mol. The fourth-order valence-corrected chi connectivity index (χ4v) is 4.13. The quantitative estimate of drug-likeness (QED) is 0.801. The monoisotopic (exact) mass is 344 g/mol. The Labute approximate surface area is 136 Å². The minimum absolute atomic E-state index is 0.0385. The zero-order chi connectivity index (χ0) is 15.0. The number of aliphatic hydroxyl groups excluding tert-OH is 1. The summed E-state index contributed by atoms with van der Waals surface area (Å²) in [5.74, 6) is -0.173. The van der Waals surface area contributed by atoms with Gasteiger partial charge in [0.15, 0.2) is 0 Å². The number of hydrogen-bond donors (Lipinski definition) is 3. The van der Waals surface area contributed by atoms with E-state index in [0.29, 0.717) is 34.6 Å². The molecule has 0 bridgehead atoms. The van der Waals surface area contributed by atoms with Crippen LogP contribution in [-0.2, 0) is 0 Å². The minimum Gasteiger partial charge on any atom is -0.391 e. The summed E-state index contributed by atoms with van der Waals surface area (Å²) in [5.41, 5.74) is 0. The second-order valence-corrected chi connectivity index (χ2v) is 6.95. The summed E-state index contributed by atoms with van der Waals surface area (Å²) in [6.07, 6.45) is -0.415. The molecule has 2 aromatic rings. The molecule has 1 amide bonds. The van der Waals surface area contributed by atoms with Crippen molar-refractivity contribution in [2.45, 2.75) is 6.10 Å². The molecule has 0 radical (unpaired) electrons. The topological polar surface area (TPSA) is 61.4 Å². The van der Waals surface area contributed by atoms with Gasteiger partial charge in [-0.1, -0.05) is 29.3 Å². The Morgan fingerprint density at radius 2 is 2.24 bits per heavy atom. The van der Waals surface area contributed by atoms with Crippen LogP contribution in [-0.4, -0.2) is 36.8 Å². The highest BCUT2D eigenvalue weighted by Crippen LogP contribution is 2.36. The van der Waals surface area contributed by atoms with Gasteiger partial charge in [0.1, 0.15) is 4.88 Å². The van der Waals surface area contributed by atoms with E-state index >= 15 is 0 Å². The molecule has 1 fully saturated rings. The fourth-order valence-electron chi connectivity index (χ4n) is 2.42. The number of carbonyl (C=O) groups is 1. The summed E-state index contributed by atoms with van der Waals surface area (Å²) >= 11 is 13.5. The van der Waals surface area contributed by atoms with Gasteiger partial charge in [-0.3, -0.25) is 4.79 Å². The van der Waals surface area contributed by atoms with Gasteiger partial charge >= 0.3 is 0 Å². The molecule has 1 saturated heterocycles. The van der Waals surface area contributed by atoms with E-state index in [1.807, 2.05) is 6.07 Å². The summed E-state index contributed by atoms with van der Waals surface area (Å²) in [6, 6.07) is 5.37. The van der Waals surface area contributed by atoms with Crippen LogP contribution < -0.4 is 10.6 Å². The van der Waals surface area contributed by atoms with Gasteiger partial charge in [0, 0.05) is 40.7 Å². The van der Waals surface area contributed by atoms with Gasteiger partial charge in [0.25, 0.3) is 5.91 Å². The van der Waals surface area contributed by atoms with E-state index in [9.17, 15) is 9.90 Å². The second-order valence-electron chi connectivity index (χ2n) is 5.08. The van der Waals surface area contributed by atoms with E-state index in [-0.39, 0.29) is 11.8 Å². The molecule has 112 valence electrons. The fraction of sp³-hybridized carbons (Fsp3) is 0.357. The zero-order valence-electron chi connectivity index (χ0n) is 11.0. The minimum atomic E-state index is -0.415. The molecule has 3 rings (SSSR count). The van der Waals surface area contributed by atoms with Crippen molar-refractivity contribution in [2.24, 2.45) is 5.92 Å². The molecule has 21 heavy (non-hydrogen) atoms. The van der Waals surface area contributed by atoms with Crippen LogP contribution in [0.2, 0.25) is 10.0 Å². The maximum absolute atomic E-state index is 12.3. The van der Waals surface area contributed by atoms with Gasteiger partial charge in [-0.25, -0.2) is 0 Å². The summed E-state index contributed by atoms with van der Waals surface area (Å²) in [4.78, 5) is 12.7. The van der Waals surface area contributed by atoms with Crippen molar-refractivity contribution in [3.8, 4) is 0 Å². The third kappa shape index (κ3) is 3.03. The highest BCUT2D eigenvalue weighted by molar-refractivity contribution is 7.21. The zero-order valence-corrected chi connectivity index (χ0v) is 13.4. The van der Waals surface area contributed by atoms with E-state index in [1.54, 1.807) is 12.1 Å². The number of hydrogen-bond acceptors (Lipinski definition) is 4. The van der Waals surface area contributed by atoms with E-state index in [1.165, 1.54) is 11.3 Å². The van der Waals surface area contributed by atoms with Crippen LogP contribution in [0.1, 0.15) is 9.67 Å². The van der Waals surface area contributed by atoms with E-state index < -0.39 is 6.10 Å². The van der Waals surface area contributed by atoms with Gasteiger partial charge in [0.05, 0.1) is 11.1 Å². The first kappa shape index (κ1) is 15.1. The van der Waals surface area contributed by atoms with Crippen molar-refractivity contribution in [1.29, 1.82) is 0 Å². The lowest BCUT2D eigenvalue weighted by molar-refractivity contribution is 0.0931. The Morgan fingerprint density at radius 1 is 1.43 bits per heavy atom. The molecular formula is C14H14Cl2N2O2S. The number of β-amino-alcohol motifs (C(OH)–C–C–N with tert-alkyl or cyclic N) is 1. The van der Waals surface area contributed by atoms with E-state index in [4.69, 9.17) is 23.2 Å².